The minimum absolute atomic E-state index is 0.0226. The standard InChI is InChI=1S/C24H22F3N5O3/c25-17-9-15(21-28-29-22(35-21)20(26)27)5-6-16(17)10-32-19-4-2-1-3-18(19)31(23(32)33)8-7-30-11-24(12-30)13-34-14-24/h1-6,9,20H,7-8,10-14H2. The van der Waals surface area contributed by atoms with Gasteiger partial charge in [0.05, 0.1) is 30.8 Å². The number of benzene rings is 2. The Labute approximate surface area is 197 Å². The number of para-hydroxylation sites is 2. The maximum atomic E-state index is 15.0. The number of hydrogen-bond donors (Lipinski definition) is 0. The summed E-state index contributed by atoms with van der Waals surface area (Å²) < 4.78 is 53.9. The molecule has 1 spiro atoms. The number of imidazole rings is 1. The molecule has 2 saturated heterocycles. The number of fused-ring (bicyclic) bond motifs is 1. The van der Waals surface area contributed by atoms with Crippen LogP contribution < -0.4 is 5.69 Å². The van der Waals surface area contributed by atoms with E-state index in [1.54, 1.807) is 9.13 Å². The SMILES string of the molecule is O=c1n(CCN2CC3(COC3)C2)c2ccccc2n1Cc1ccc(-c2nnc(C(F)F)o2)cc1F. The zero-order chi connectivity index (χ0) is 24.2. The first-order valence-electron chi connectivity index (χ1n) is 11.3. The van der Waals surface area contributed by atoms with Crippen molar-refractivity contribution in [1.29, 1.82) is 0 Å². The van der Waals surface area contributed by atoms with Gasteiger partial charge in [0.15, 0.2) is 0 Å². The highest BCUT2D eigenvalue weighted by atomic mass is 19.3. The van der Waals surface area contributed by atoms with Gasteiger partial charge < -0.3 is 14.1 Å². The molecule has 0 amide bonds. The number of rotatable bonds is 7. The topological polar surface area (TPSA) is 78.3 Å². The summed E-state index contributed by atoms with van der Waals surface area (Å²) in [5, 5.41) is 6.82. The lowest BCUT2D eigenvalue weighted by Crippen LogP contribution is -2.66. The Morgan fingerprint density at radius 1 is 1.00 bits per heavy atom. The van der Waals surface area contributed by atoms with Crippen LogP contribution in [-0.4, -0.2) is 57.1 Å². The number of nitrogens with zero attached hydrogens (tertiary/aromatic N) is 5. The highest BCUT2D eigenvalue weighted by Gasteiger charge is 2.48. The van der Waals surface area contributed by atoms with Crippen molar-refractivity contribution in [3.63, 3.8) is 0 Å². The van der Waals surface area contributed by atoms with Crippen molar-refractivity contribution in [1.82, 2.24) is 24.2 Å². The number of likely N-dealkylation sites (tertiary alicyclic amines) is 1. The van der Waals surface area contributed by atoms with Gasteiger partial charge in [-0.2, -0.15) is 8.78 Å². The first-order chi connectivity index (χ1) is 16.9. The fraction of sp³-hybridized carbons (Fsp3) is 0.375. The summed E-state index contributed by atoms with van der Waals surface area (Å²) in [6, 6.07) is 11.6. The molecule has 6 rings (SSSR count). The summed E-state index contributed by atoms with van der Waals surface area (Å²) >= 11 is 0. The van der Waals surface area contributed by atoms with Gasteiger partial charge in [0.1, 0.15) is 5.82 Å². The summed E-state index contributed by atoms with van der Waals surface area (Å²) in [7, 11) is 0. The first kappa shape index (κ1) is 22.1. The second-order valence-electron chi connectivity index (χ2n) is 9.26. The van der Waals surface area contributed by atoms with E-state index in [0.717, 1.165) is 44.4 Å². The van der Waals surface area contributed by atoms with Gasteiger partial charge in [0.25, 0.3) is 5.89 Å². The highest BCUT2D eigenvalue weighted by Crippen LogP contribution is 2.37. The number of aromatic nitrogens is 4. The third-order valence-electron chi connectivity index (χ3n) is 6.76. The second-order valence-corrected chi connectivity index (χ2v) is 9.26. The van der Waals surface area contributed by atoms with Gasteiger partial charge in [-0.3, -0.25) is 9.13 Å². The Balaban J connectivity index is 1.24. The zero-order valence-electron chi connectivity index (χ0n) is 18.7. The molecule has 2 aliphatic rings. The molecule has 2 aromatic heterocycles. The van der Waals surface area contributed by atoms with Crippen LogP contribution in [0.3, 0.4) is 0 Å². The van der Waals surface area contributed by atoms with Gasteiger partial charge in [0, 0.05) is 42.7 Å². The normalized spacial score (nSPS) is 17.3. The Kier molecular flexibility index (Phi) is 5.26. The molecule has 0 aliphatic carbocycles. The van der Waals surface area contributed by atoms with Crippen LogP contribution in [0.5, 0.6) is 0 Å². The molecule has 35 heavy (non-hydrogen) atoms. The molecule has 8 nitrogen and oxygen atoms in total. The van der Waals surface area contributed by atoms with Crippen molar-refractivity contribution in [2.45, 2.75) is 19.5 Å². The van der Waals surface area contributed by atoms with Gasteiger partial charge >= 0.3 is 12.1 Å². The lowest BCUT2D eigenvalue weighted by atomic mass is 9.78. The largest absolute Gasteiger partial charge is 0.415 e. The fourth-order valence-electron chi connectivity index (χ4n) is 4.93. The van der Waals surface area contributed by atoms with E-state index in [0.29, 0.717) is 17.5 Å². The Morgan fingerprint density at radius 2 is 1.74 bits per heavy atom. The maximum absolute atomic E-state index is 15.0. The molecule has 4 aromatic rings. The summed E-state index contributed by atoms with van der Waals surface area (Å²) in [5.41, 5.74) is 2.07. The Morgan fingerprint density at radius 3 is 2.37 bits per heavy atom. The maximum Gasteiger partial charge on any atom is 0.329 e. The number of hydrogen-bond acceptors (Lipinski definition) is 6. The summed E-state index contributed by atoms with van der Waals surface area (Å²) in [6.45, 7) is 4.90. The molecule has 2 aliphatic heterocycles. The average Bonchev–Trinajstić information content (AvgIpc) is 3.38. The van der Waals surface area contributed by atoms with Crippen molar-refractivity contribution < 1.29 is 22.3 Å². The molecule has 2 aromatic carbocycles. The quantitative estimate of drug-likeness (QED) is 0.400. The van der Waals surface area contributed by atoms with Gasteiger partial charge in [-0.1, -0.05) is 18.2 Å². The van der Waals surface area contributed by atoms with Crippen molar-refractivity contribution in [3.05, 3.63) is 70.2 Å². The van der Waals surface area contributed by atoms with Crippen molar-refractivity contribution in [3.8, 4) is 11.5 Å². The lowest BCUT2D eigenvalue weighted by molar-refractivity contribution is -0.189. The van der Waals surface area contributed by atoms with E-state index in [1.165, 1.54) is 12.1 Å². The predicted molar refractivity (Wildman–Crippen MR) is 120 cm³/mol. The summed E-state index contributed by atoms with van der Waals surface area (Å²) in [5.74, 6) is -1.62. The van der Waals surface area contributed by atoms with Crippen LogP contribution in [0.25, 0.3) is 22.5 Å². The zero-order valence-corrected chi connectivity index (χ0v) is 18.7. The van der Waals surface area contributed by atoms with Crippen molar-refractivity contribution in [2.75, 3.05) is 32.8 Å². The van der Waals surface area contributed by atoms with Crippen LogP contribution in [0.1, 0.15) is 17.9 Å². The Bertz CT molecular complexity index is 1450. The van der Waals surface area contributed by atoms with Gasteiger partial charge in [0.2, 0.25) is 5.89 Å². The lowest BCUT2D eigenvalue weighted by Gasteiger charge is -2.55. The van der Waals surface area contributed by atoms with Gasteiger partial charge in [-0.05, 0) is 24.3 Å². The highest BCUT2D eigenvalue weighted by molar-refractivity contribution is 5.76. The van der Waals surface area contributed by atoms with E-state index in [2.05, 4.69) is 15.1 Å². The second kappa shape index (κ2) is 8.35. The van der Waals surface area contributed by atoms with E-state index in [1.807, 2.05) is 24.3 Å². The molecular formula is C24H22F3N5O3. The molecule has 0 unspecified atom stereocenters. The fourth-order valence-corrected chi connectivity index (χ4v) is 4.93. The van der Waals surface area contributed by atoms with Gasteiger partial charge in [-0.15, -0.1) is 10.2 Å². The number of halogens is 3. The van der Waals surface area contributed by atoms with Crippen LogP contribution in [0.2, 0.25) is 0 Å². The molecule has 2 fully saturated rings. The summed E-state index contributed by atoms with van der Waals surface area (Å²) in [6.07, 6.45) is -2.90. The van der Waals surface area contributed by atoms with Crippen molar-refractivity contribution in [2.24, 2.45) is 5.41 Å². The molecule has 11 heteroatoms. The molecule has 0 radical (unpaired) electrons. The molecule has 0 atom stereocenters. The number of ether oxygens (including phenoxy) is 1. The monoisotopic (exact) mass is 485 g/mol. The number of alkyl halides is 2. The first-order valence-corrected chi connectivity index (χ1v) is 11.3. The third kappa shape index (κ3) is 3.84. The van der Waals surface area contributed by atoms with Crippen LogP contribution in [-0.2, 0) is 17.8 Å². The van der Waals surface area contributed by atoms with Crippen LogP contribution >= 0.6 is 0 Å². The minimum atomic E-state index is -2.90. The van der Waals surface area contributed by atoms with E-state index in [4.69, 9.17) is 9.15 Å². The van der Waals surface area contributed by atoms with Crippen LogP contribution in [0, 0.1) is 11.2 Å². The summed E-state index contributed by atoms with van der Waals surface area (Å²) in [4.78, 5) is 15.6. The molecule has 0 N–H and O–H groups in total. The minimum Gasteiger partial charge on any atom is -0.415 e. The van der Waals surface area contributed by atoms with Gasteiger partial charge in [-0.25, -0.2) is 9.18 Å². The van der Waals surface area contributed by atoms with Crippen LogP contribution in [0.4, 0.5) is 13.2 Å². The van der Waals surface area contributed by atoms with E-state index < -0.39 is 18.1 Å². The molecular weight excluding hydrogens is 463 g/mol. The Hall–Kier alpha value is -3.44. The van der Waals surface area contributed by atoms with Crippen molar-refractivity contribution >= 4 is 11.0 Å². The van der Waals surface area contributed by atoms with E-state index in [-0.39, 0.29) is 29.3 Å². The molecule has 0 bridgehead atoms. The van der Waals surface area contributed by atoms with E-state index in [9.17, 15) is 18.0 Å². The van der Waals surface area contributed by atoms with E-state index >= 15 is 0 Å². The molecule has 4 heterocycles. The molecule has 0 saturated carbocycles. The molecule has 182 valence electrons. The third-order valence-corrected chi connectivity index (χ3v) is 6.76. The van der Waals surface area contributed by atoms with Crippen LogP contribution in [0.15, 0.2) is 51.7 Å². The predicted octanol–water partition coefficient (Wildman–Crippen LogP) is 3.31. The smallest absolute Gasteiger partial charge is 0.329 e. The average molecular weight is 485 g/mol.